The van der Waals surface area contributed by atoms with E-state index >= 15 is 0 Å². The second-order valence-electron chi connectivity index (χ2n) is 8.91. The van der Waals surface area contributed by atoms with Crippen LogP contribution in [0.3, 0.4) is 0 Å². The minimum absolute atomic E-state index is 0.0502. The molecular formula is C27H28N4O2. The highest BCUT2D eigenvalue weighted by molar-refractivity contribution is 5.78. The summed E-state index contributed by atoms with van der Waals surface area (Å²) in [4.78, 5) is 22.1. The summed E-state index contributed by atoms with van der Waals surface area (Å²) >= 11 is 0. The number of aromatic nitrogens is 3. The van der Waals surface area contributed by atoms with Crippen molar-refractivity contribution in [2.45, 2.75) is 33.8 Å². The van der Waals surface area contributed by atoms with Crippen LogP contribution in [0.5, 0.6) is 0 Å². The second-order valence-corrected chi connectivity index (χ2v) is 8.91. The molecule has 6 heteroatoms. The van der Waals surface area contributed by atoms with E-state index in [9.17, 15) is 9.90 Å². The average Bonchev–Trinajstić information content (AvgIpc) is 3.49. The van der Waals surface area contributed by atoms with Crippen molar-refractivity contribution < 1.29 is 9.90 Å². The minimum Gasteiger partial charge on any atom is -0.392 e. The highest BCUT2D eigenvalue weighted by atomic mass is 16.3. The molecule has 0 spiro atoms. The van der Waals surface area contributed by atoms with Crippen molar-refractivity contribution >= 4 is 36.7 Å². The Hall–Kier alpha value is -3.77. The van der Waals surface area contributed by atoms with Crippen LogP contribution in [0.4, 0.5) is 0 Å². The topological polar surface area (TPSA) is 96.7 Å². The fourth-order valence-corrected chi connectivity index (χ4v) is 4.83. The Kier molecular flexibility index (Phi) is 5.10. The Morgan fingerprint density at radius 2 is 1.79 bits per heavy atom. The summed E-state index contributed by atoms with van der Waals surface area (Å²) in [6, 6.07) is 1.84. The number of fused-ring (bicyclic) bond motifs is 8. The number of hydrogen-bond donors (Lipinski definition) is 5. The molecule has 0 unspecified atom stereocenters. The van der Waals surface area contributed by atoms with Gasteiger partial charge in [-0.05, 0) is 61.8 Å². The molecule has 5 rings (SSSR count). The quantitative estimate of drug-likeness (QED) is 0.405. The van der Waals surface area contributed by atoms with E-state index in [0.717, 1.165) is 79.8 Å². The lowest BCUT2D eigenvalue weighted by Gasteiger charge is -2.04. The summed E-state index contributed by atoms with van der Waals surface area (Å²) in [7, 11) is 0. The van der Waals surface area contributed by atoms with Crippen molar-refractivity contribution in [3.63, 3.8) is 0 Å². The van der Waals surface area contributed by atoms with Crippen molar-refractivity contribution in [2.24, 2.45) is 5.92 Å². The van der Waals surface area contributed by atoms with E-state index < -0.39 is 0 Å². The molecule has 8 bridgehead atoms. The van der Waals surface area contributed by atoms with Crippen molar-refractivity contribution in [3.05, 3.63) is 85.3 Å². The Labute approximate surface area is 192 Å². The number of carbonyl (C=O) groups is 1. The molecular weight excluding hydrogens is 412 g/mol. The molecule has 3 aromatic heterocycles. The summed E-state index contributed by atoms with van der Waals surface area (Å²) in [5.41, 5.74) is 10.5. The van der Waals surface area contributed by atoms with Gasteiger partial charge in [0.1, 0.15) is 0 Å². The number of hydrogen-bond acceptors (Lipinski definition) is 3. The normalized spacial score (nSPS) is 22.1. The number of aromatic amines is 3. The predicted molar refractivity (Wildman–Crippen MR) is 133 cm³/mol. The zero-order chi connectivity index (χ0) is 23.3. The van der Waals surface area contributed by atoms with Crippen LogP contribution < -0.4 is 16.0 Å². The van der Waals surface area contributed by atoms with Crippen LogP contribution in [0.15, 0.2) is 24.0 Å². The van der Waals surface area contributed by atoms with Gasteiger partial charge in [0.2, 0.25) is 0 Å². The fraction of sp³-hybridized carbons (Fsp3) is 0.222. The lowest BCUT2D eigenvalue weighted by molar-refractivity contribution is 0.112. The van der Waals surface area contributed by atoms with E-state index in [-0.39, 0.29) is 6.61 Å². The third kappa shape index (κ3) is 3.52. The molecule has 1 saturated heterocycles. The molecule has 1 atom stereocenters. The SMILES string of the molecule is C=Cc1c2[nH]c(c1C)/C=C1\N/C(=C\c3[nH]c(c(C)c3CO)/C=c3/cc(C=O)/c([nH]3)=C/2)C[C@@H]1C. The molecule has 6 nitrogen and oxygen atoms in total. The molecule has 5 N–H and O–H groups in total. The summed E-state index contributed by atoms with van der Waals surface area (Å²) in [6.45, 7) is 10.2. The lowest BCUT2D eigenvalue weighted by Crippen LogP contribution is -2.12. The smallest absolute Gasteiger partial charge is 0.152 e. The Bertz CT molecular complexity index is 1470. The van der Waals surface area contributed by atoms with Crippen molar-refractivity contribution in [2.75, 3.05) is 0 Å². The number of aliphatic hydroxyl groups excluding tert-OH is 1. The van der Waals surface area contributed by atoms with Gasteiger partial charge in [0.15, 0.2) is 6.29 Å². The number of nitrogens with one attached hydrogen (secondary N) is 4. The first-order valence-corrected chi connectivity index (χ1v) is 11.2. The number of carbonyl (C=O) groups excluding carboxylic acids is 1. The van der Waals surface area contributed by atoms with Crippen LogP contribution in [0.25, 0.3) is 30.4 Å². The molecule has 2 aliphatic heterocycles. The van der Waals surface area contributed by atoms with Crippen molar-refractivity contribution in [1.82, 2.24) is 20.3 Å². The Morgan fingerprint density at radius 3 is 2.52 bits per heavy atom. The maximum Gasteiger partial charge on any atom is 0.152 e. The highest BCUT2D eigenvalue weighted by Gasteiger charge is 2.22. The molecule has 168 valence electrons. The summed E-state index contributed by atoms with van der Waals surface area (Å²) in [5, 5.41) is 15.2. The fourth-order valence-electron chi connectivity index (χ4n) is 4.83. The number of allylic oxidation sites excluding steroid dienone is 2. The van der Waals surface area contributed by atoms with Gasteiger partial charge in [-0.1, -0.05) is 19.6 Å². The molecule has 0 amide bonds. The molecule has 0 radical (unpaired) electrons. The van der Waals surface area contributed by atoms with Gasteiger partial charge in [0.25, 0.3) is 0 Å². The molecule has 0 aromatic carbocycles. The standard InChI is InChI=1S/C27H28N4O2/c1-5-20-15(3)24-10-22-14(2)6-18(28-22)9-26-21(13-33)16(4)23(30-26)8-19-7-17(12-32)25(29-19)11-27(20)31-24/h5,7-12,14,28-31,33H,1,6,13H2,2-4H3/b18-9-,19-8-,22-10-,25-11-/t14-/m0/s1. The van der Waals surface area contributed by atoms with Crippen LogP contribution in [0.2, 0.25) is 0 Å². The zero-order valence-corrected chi connectivity index (χ0v) is 19.1. The van der Waals surface area contributed by atoms with Gasteiger partial charge in [0.05, 0.1) is 12.0 Å². The predicted octanol–water partition coefficient (Wildman–Crippen LogP) is 3.22. The van der Waals surface area contributed by atoms with Gasteiger partial charge in [0, 0.05) is 62.1 Å². The first-order chi connectivity index (χ1) is 15.9. The van der Waals surface area contributed by atoms with Gasteiger partial charge in [-0.25, -0.2) is 0 Å². The molecule has 2 aliphatic rings. The molecule has 0 saturated carbocycles. The van der Waals surface area contributed by atoms with Crippen molar-refractivity contribution in [1.29, 1.82) is 0 Å². The summed E-state index contributed by atoms with van der Waals surface area (Å²) < 4.78 is 0. The summed E-state index contributed by atoms with van der Waals surface area (Å²) in [5.74, 6) is 0.334. The van der Waals surface area contributed by atoms with Crippen LogP contribution in [-0.4, -0.2) is 26.3 Å². The number of aliphatic hydroxyl groups is 1. The Balaban J connectivity index is 1.84. The third-order valence-electron chi connectivity index (χ3n) is 6.78. The third-order valence-corrected chi connectivity index (χ3v) is 6.78. The van der Waals surface area contributed by atoms with E-state index in [1.807, 2.05) is 31.2 Å². The Morgan fingerprint density at radius 1 is 1.03 bits per heavy atom. The lowest BCUT2D eigenvalue weighted by atomic mass is 10.0. The second kappa shape index (κ2) is 7.98. The van der Waals surface area contributed by atoms with Crippen LogP contribution in [-0.2, 0) is 6.61 Å². The number of aldehydes is 1. The maximum absolute atomic E-state index is 11.8. The van der Waals surface area contributed by atoms with Crippen LogP contribution in [0, 0.1) is 19.8 Å². The summed E-state index contributed by atoms with van der Waals surface area (Å²) in [6.07, 6.45) is 11.8. The molecule has 5 heterocycles. The van der Waals surface area contributed by atoms with E-state index in [4.69, 9.17) is 0 Å². The van der Waals surface area contributed by atoms with E-state index in [1.165, 1.54) is 0 Å². The van der Waals surface area contributed by atoms with Gasteiger partial charge in [-0.15, -0.1) is 0 Å². The van der Waals surface area contributed by atoms with Gasteiger partial charge in [-0.3, -0.25) is 4.79 Å². The first kappa shape index (κ1) is 21.1. The molecule has 3 aromatic rings. The average molecular weight is 441 g/mol. The van der Waals surface area contributed by atoms with Crippen LogP contribution >= 0.6 is 0 Å². The van der Waals surface area contributed by atoms with Crippen LogP contribution in [0.1, 0.15) is 68.7 Å². The van der Waals surface area contributed by atoms with E-state index in [1.54, 1.807) is 0 Å². The van der Waals surface area contributed by atoms with Gasteiger partial charge in [-0.2, -0.15) is 0 Å². The number of H-pyrrole nitrogens is 3. The number of rotatable bonds is 3. The van der Waals surface area contributed by atoms with E-state index in [2.05, 4.69) is 52.8 Å². The van der Waals surface area contributed by atoms with E-state index in [0.29, 0.717) is 11.5 Å². The maximum atomic E-state index is 11.8. The molecule has 33 heavy (non-hydrogen) atoms. The largest absolute Gasteiger partial charge is 0.392 e. The molecule has 0 aliphatic carbocycles. The van der Waals surface area contributed by atoms with Gasteiger partial charge < -0.3 is 25.4 Å². The van der Waals surface area contributed by atoms with Gasteiger partial charge >= 0.3 is 0 Å². The molecule has 1 fully saturated rings. The van der Waals surface area contributed by atoms with Crippen molar-refractivity contribution in [3.8, 4) is 0 Å². The monoisotopic (exact) mass is 440 g/mol. The minimum atomic E-state index is -0.0502. The highest BCUT2D eigenvalue weighted by Crippen LogP contribution is 2.31. The zero-order valence-electron chi connectivity index (χ0n) is 19.1. The first-order valence-electron chi connectivity index (χ1n) is 11.2.